The Hall–Kier alpha value is -1.30. The second-order valence-electron chi connectivity index (χ2n) is 3.66. The number of carbonyl (C=O) groups excluding carboxylic acids is 1. The minimum atomic E-state index is 0.0832. The van der Waals surface area contributed by atoms with E-state index in [9.17, 15) is 4.79 Å². The number of nitrogens with zero attached hydrogens (tertiary/aromatic N) is 3. The van der Waals surface area contributed by atoms with Gasteiger partial charge in [-0.25, -0.2) is 4.98 Å². The van der Waals surface area contributed by atoms with E-state index in [0.29, 0.717) is 30.5 Å². The Morgan fingerprint density at radius 2 is 2.50 bits per heavy atom. The van der Waals surface area contributed by atoms with E-state index in [1.54, 1.807) is 17.2 Å². The van der Waals surface area contributed by atoms with Gasteiger partial charge in [0.15, 0.2) is 0 Å². The highest BCUT2D eigenvalue weighted by Crippen LogP contribution is 2.24. The molecule has 16 heavy (non-hydrogen) atoms. The molecule has 1 aromatic rings. The number of rotatable bonds is 3. The molecule has 0 aliphatic carbocycles. The molecule has 0 saturated carbocycles. The fourth-order valence-electron chi connectivity index (χ4n) is 1.71. The highest BCUT2D eigenvalue weighted by atomic mass is 32.1. The molecule has 2 rings (SSSR count). The van der Waals surface area contributed by atoms with Gasteiger partial charge in [0.2, 0.25) is 5.91 Å². The Balaban J connectivity index is 2.20. The van der Waals surface area contributed by atoms with Crippen molar-refractivity contribution in [1.29, 1.82) is 0 Å². The van der Waals surface area contributed by atoms with Crippen molar-refractivity contribution in [3.63, 3.8) is 0 Å². The van der Waals surface area contributed by atoms with E-state index in [4.69, 9.17) is 4.74 Å². The number of carbonyl (C=O) groups is 1. The maximum atomic E-state index is 11.7. The first-order valence-corrected chi connectivity index (χ1v) is 5.66. The van der Waals surface area contributed by atoms with Crippen LogP contribution in [0.2, 0.25) is 0 Å². The molecule has 0 aromatic carbocycles. The molecule has 6 heteroatoms. The zero-order chi connectivity index (χ0) is 11.5. The molecule has 1 aliphatic heterocycles. The lowest BCUT2D eigenvalue weighted by atomic mass is 10.1. The molecular weight excluding hydrogens is 226 g/mol. The minimum Gasteiger partial charge on any atom is -0.467 e. The van der Waals surface area contributed by atoms with Crippen LogP contribution < -0.4 is 9.64 Å². The van der Waals surface area contributed by atoms with Gasteiger partial charge in [0, 0.05) is 19.2 Å². The summed E-state index contributed by atoms with van der Waals surface area (Å²) in [5, 5.41) is 0. The third-order valence-electron chi connectivity index (χ3n) is 2.54. The van der Waals surface area contributed by atoms with Gasteiger partial charge in [0.25, 0.3) is 0 Å². The Bertz CT molecular complexity index is 399. The Morgan fingerprint density at radius 1 is 1.69 bits per heavy atom. The molecular formula is C10H13N3O2S. The van der Waals surface area contributed by atoms with Gasteiger partial charge in [-0.05, 0) is 17.7 Å². The summed E-state index contributed by atoms with van der Waals surface area (Å²) in [6.45, 7) is 0.669. The predicted octanol–water partition coefficient (Wildman–Crippen LogP) is 0.768. The molecule has 1 atom stereocenters. The number of hydrogen-bond acceptors (Lipinski definition) is 5. The largest absolute Gasteiger partial charge is 0.467 e. The SMILES string of the molecule is COc1nccc(N2CC(CS)CC2=O)n1. The maximum Gasteiger partial charge on any atom is 0.318 e. The summed E-state index contributed by atoms with van der Waals surface area (Å²) in [5.41, 5.74) is 0. The number of hydrogen-bond donors (Lipinski definition) is 1. The summed E-state index contributed by atoms with van der Waals surface area (Å²) in [6, 6.07) is 1.99. The lowest BCUT2D eigenvalue weighted by Gasteiger charge is -2.15. The topological polar surface area (TPSA) is 55.3 Å². The average molecular weight is 239 g/mol. The van der Waals surface area contributed by atoms with Crippen LogP contribution in [-0.2, 0) is 4.79 Å². The molecule has 0 bridgehead atoms. The van der Waals surface area contributed by atoms with Gasteiger partial charge < -0.3 is 4.74 Å². The van der Waals surface area contributed by atoms with Crippen molar-refractivity contribution in [3.8, 4) is 6.01 Å². The second kappa shape index (κ2) is 4.69. The molecule has 86 valence electrons. The summed E-state index contributed by atoms with van der Waals surface area (Å²) in [7, 11) is 1.50. The number of ether oxygens (including phenoxy) is 1. The first-order valence-electron chi connectivity index (χ1n) is 5.03. The van der Waals surface area contributed by atoms with Crippen molar-refractivity contribution >= 4 is 24.4 Å². The monoisotopic (exact) mass is 239 g/mol. The number of thiol groups is 1. The van der Waals surface area contributed by atoms with E-state index >= 15 is 0 Å². The fraction of sp³-hybridized carbons (Fsp3) is 0.500. The van der Waals surface area contributed by atoms with E-state index in [-0.39, 0.29) is 11.9 Å². The first kappa shape index (κ1) is 11.2. The predicted molar refractivity (Wildman–Crippen MR) is 62.9 cm³/mol. The van der Waals surface area contributed by atoms with Gasteiger partial charge in [0.1, 0.15) is 5.82 Å². The van der Waals surface area contributed by atoms with Crippen molar-refractivity contribution in [1.82, 2.24) is 9.97 Å². The highest BCUT2D eigenvalue weighted by molar-refractivity contribution is 7.80. The molecule has 0 spiro atoms. The minimum absolute atomic E-state index is 0.0832. The van der Waals surface area contributed by atoms with Crippen LogP contribution in [0.15, 0.2) is 12.3 Å². The average Bonchev–Trinajstić information content (AvgIpc) is 2.71. The van der Waals surface area contributed by atoms with E-state index in [2.05, 4.69) is 22.6 Å². The van der Waals surface area contributed by atoms with Crippen molar-refractivity contribution in [2.45, 2.75) is 6.42 Å². The molecule has 1 amide bonds. The van der Waals surface area contributed by atoms with Gasteiger partial charge in [-0.3, -0.25) is 9.69 Å². The van der Waals surface area contributed by atoms with Crippen LogP contribution in [0.3, 0.4) is 0 Å². The van der Waals surface area contributed by atoms with E-state index in [1.807, 2.05) is 0 Å². The second-order valence-corrected chi connectivity index (χ2v) is 4.02. The highest BCUT2D eigenvalue weighted by Gasteiger charge is 2.30. The molecule has 0 N–H and O–H groups in total. The zero-order valence-corrected chi connectivity index (χ0v) is 9.85. The number of anilines is 1. The van der Waals surface area contributed by atoms with Gasteiger partial charge in [-0.2, -0.15) is 17.6 Å². The Morgan fingerprint density at radius 3 is 3.12 bits per heavy atom. The molecule has 1 aromatic heterocycles. The molecule has 0 radical (unpaired) electrons. The van der Waals surface area contributed by atoms with E-state index in [0.717, 1.165) is 0 Å². The summed E-state index contributed by atoms with van der Waals surface area (Å²) in [6.07, 6.45) is 2.12. The molecule has 1 saturated heterocycles. The first-order chi connectivity index (χ1) is 7.74. The third-order valence-corrected chi connectivity index (χ3v) is 3.06. The maximum absolute atomic E-state index is 11.7. The third kappa shape index (κ3) is 2.11. The lowest BCUT2D eigenvalue weighted by Crippen LogP contribution is -2.25. The van der Waals surface area contributed by atoms with Crippen LogP contribution in [0.4, 0.5) is 5.82 Å². The van der Waals surface area contributed by atoms with Gasteiger partial charge in [-0.1, -0.05) is 0 Å². The van der Waals surface area contributed by atoms with Crippen LogP contribution in [0.5, 0.6) is 6.01 Å². The number of amides is 1. The van der Waals surface area contributed by atoms with E-state index in [1.165, 1.54) is 7.11 Å². The van der Waals surface area contributed by atoms with Crippen LogP contribution >= 0.6 is 12.6 Å². The van der Waals surface area contributed by atoms with Crippen LogP contribution in [-0.4, -0.2) is 35.3 Å². The smallest absolute Gasteiger partial charge is 0.318 e. The van der Waals surface area contributed by atoms with Crippen molar-refractivity contribution < 1.29 is 9.53 Å². The lowest BCUT2D eigenvalue weighted by molar-refractivity contribution is -0.117. The fourth-order valence-corrected chi connectivity index (χ4v) is 1.95. The number of aromatic nitrogens is 2. The Labute approximate surface area is 99.2 Å². The zero-order valence-electron chi connectivity index (χ0n) is 8.96. The standard InChI is InChI=1S/C10H13N3O2S/c1-15-10-11-3-2-8(12-10)13-5-7(6-16)4-9(13)14/h2-3,7,16H,4-6H2,1H3. The summed E-state index contributed by atoms with van der Waals surface area (Å²) in [5.74, 6) is 1.70. The van der Waals surface area contributed by atoms with Crippen molar-refractivity contribution in [2.24, 2.45) is 5.92 Å². The quantitative estimate of drug-likeness (QED) is 0.792. The number of methoxy groups -OCH3 is 1. The van der Waals surface area contributed by atoms with Crippen molar-refractivity contribution in [3.05, 3.63) is 12.3 Å². The van der Waals surface area contributed by atoms with Crippen molar-refractivity contribution in [2.75, 3.05) is 24.3 Å². The van der Waals surface area contributed by atoms with Crippen LogP contribution in [0.1, 0.15) is 6.42 Å². The molecule has 1 aliphatic rings. The molecule has 5 nitrogen and oxygen atoms in total. The van der Waals surface area contributed by atoms with Crippen LogP contribution in [0, 0.1) is 5.92 Å². The summed E-state index contributed by atoms with van der Waals surface area (Å²) in [4.78, 5) is 21.4. The molecule has 1 fully saturated rings. The van der Waals surface area contributed by atoms with Gasteiger partial charge in [0.05, 0.1) is 7.11 Å². The van der Waals surface area contributed by atoms with Crippen LogP contribution in [0.25, 0.3) is 0 Å². The summed E-state index contributed by atoms with van der Waals surface area (Å²) < 4.78 is 4.93. The molecule has 1 unspecified atom stereocenters. The van der Waals surface area contributed by atoms with Gasteiger partial charge in [-0.15, -0.1) is 0 Å². The molecule has 2 heterocycles. The summed E-state index contributed by atoms with van der Waals surface area (Å²) >= 11 is 4.21. The normalized spacial score (nSPS) is 20.2. The van der Waals surface area contributed by atoms with Gasteiger partial charge >= 0.3 is 6.01 Å². The Kier molecular flexibility index (Phi) is 3.28. The van der Waals surface area contributed by atoms with E-state index < -0.39 is 0 Å².